The second-order valence-electron chi connectivity index (χ2n) is 5.45. The van der Waals surface area contributed by atoms with E-state index >= 15 is 0 Å². The molecule has 1 unspecified atom stereocenters. The molecular weight excluding hydrogens is 284 g/mol. The number of hydrogen-bond acceptors (Lipinski definition) is 7. The fourth-order valence-electron chi connectivity index (χ4n) is 2.93. The number of nitrogens with zero attached hydrogens (tertiary/aromatic N) is 1. The Bertz CT molecular complexity index is 679. The number of aryl methyl sites for hydroxylation is 1. The average molecular weight is 300 g/mol. The number of rotatable bonds is 3. The molecule has 9 heteroatoms. The molecule has 2 fully saturated rings. The fourth-order valence-corrected chi connectivity index (χ4v) is 2.93. The lowest BCUT2D eigenvalue weighted by Gasteiger charge is -2.32. The summed E-state index contributed by atoms with van der Waals surface area (Å²) in [7, 11) is 0. The van der Waals surface area contributed by atoms with Gasteiger partial charge in [0.2, 0.25) is 0 Å². The zero-order valence-electron chi connectivity index (χ0n) is 11.3. The van der Waals surface area contributed by atoms with Gasteiger partial charge in [0.05, 0.1) is 19.8 Å². The minimum absolute atomic E-state index is 0.0984. The molecule has 0 spiro atoms. The van der Waals surface area contributed by atoms with Gasteiger partial charge in [0, 0.05) is 11.8 Å². The van der Waals surface area contributed by atoms with Gasteiger partial charge < -0.3 is 24.8 Å². The highest BCUT2D eigenvalue weighted by atomic mass is 16.7. The highest BCUT2D eigenvalue weighted by molar-refractivity contribution is 5.18. The van der Waals surface area contributed by atoms with Crippen molar-refractivity contribution in [3.63, 3.8) is 0 Å². The summed E-state index contributed by atoms with van der Waals surface area (Å²) in [6.45, 7) is 0.154. The highest BCUT2D eigenvalue weighted by Gasteiger charge is 2.71. The first-order chi connectivity index (χ1) is 9.88. The van der Waals surface area contributed by atoms with Crippen molar-refractivity contribution in [2.24, 2.45) is 0 Å². The Labute approximate surface area is 118 Å². The number of nitrogens with one attached hydrogen (secondary N) is 1. The SMILES string of the molecule is Cc1cn([C@@H]2O[C@@]3(CO)COC2[C@@]3(O)CO)c(=O)[nH]c1=O. The van der Waals surface area contributed by atoms with E-state index in [1.54, 1.807) is 0 Å². The molecule has 0 aliphatic carbocycles. The van der Waals surface area contributed by atoms with Crippen LogP contribution in [0.25, 0.3) is 0 Å². The first-order valence-corrected chi connectivity index (χ1v) is 6.44. The monoisotopic (exact) mass is 300 g/mol. The number of H-pyrrole nitrogens is 1. The van der Waals surface area contributed by atoms with Crippen LogP contribution >= 0.6 is 0 Å². The topological polar surface area (TPSA) is 134 Å². The van der Waals surface area contributed by atoms with E-state index in [4.69, 9.17) is 9.47 Å². The summed E-state index contributed by atoms with van der Waals surface area (Å²) < 4.78 is 12.1. The Morgan fingerprint density at radius 1 is 1.43 bits per heavy atom. The predicted molar refractivity (Wildman–Crippen MR) is 67.8 cm³/mol. The van der Waals surface area contributed by atoms with Crippen molar-refractivity contribution in [3.8, 4) is 0 Å². The van der Waals surface area contributed by atoms with E-state index in [9.17, 15) is 24.9 Å². The largest absolute Gasteiger partial charge is 0.393 e. The molecule has 4 N–H and O–H groups in total. The predicted octanol–water partition coefficient (Wildman–Crippen LogP) is -2.77. The van der Waals surface area contributed by atoms with E-state index in [-0.39, 0.29) is 12.2 Å². The van der Waals surface area contributed by atoms with Crippen LogP contribution in [0.1, 0.15) is 11.8 Å². The lowest BCUT2D eigenvalue weighted by Crippen LogP contribution is -2.57. The number of ether oxygens (including phenoxy) is 2. The van der Waals surface area contributed by atoms with Gasteiger partial charge in [-0.05, 0) is 6.92 Å². The van der Waals surface area contributed by atoms with Crippen LogP contribution in [0.2, 0.25) is 0 Å². The Morgan fingerprint density at radius 3 is 2.71 bits per heavy atom. The van der Waals surface area contributed by atoms with E-state index in [0.29, 0.717) is 0 Å². The van der Waals surface area contributed by atoms with E-state index in [1.165, 1.54) is 13.1 Å². The number of fused-ring (bicyclic) bond motifs is 2. The number of aliphatic hydroxyl groups is 3. The molecule has 2 bridgehead atoms. The molecule has 1 aromatic rings. The standard InChI is InChI=1S/C12H16N2O7/c1-6-2-14(10(18)13-8(6)17)9-7-12(19,4-16)11(3-15,21-9)5-20-7/h2,7,9,15-16,19H,3-5H2,1H3,(H,13,17,18)/t7?,9-,11+,12+/m1/s1. The van der Waals surface area contributed by atoms with Crippen LogP contribution in [-0.2, 0) is 9.47 Å². The highest BCUT2D eigenvalue weighted by Crippen LogP contribution is 2.50. The van der Waals surface area contributed by atoms with Crippen LogP contribution in [0.5, 0.6) is 0 Å². The third-order valence-corrected chi connectivity index (χ3v) is 4.28. The molecule has 3 heterocycles. The number of aromatic nitrogens is 2. The van der Waals surface area contributed by atoms with Crippen molar-refractivity contribution in [3.05, 3.63) is 32.6 Å². The summed E-state index contributed by atoms with van der Waals surface area (Å²) in [5.41, 5.74) is -4.28. The number of aliphatic hydroxyl groups excluding tert-OH is 2. The minimum atomic E-state index is -1.82. The molecule has 2 aliphatic heterocycles. The van der Waals surface area contributed by atoms with Gasteiger partial charge in [-0.2, -0.15) is 0 Å². The van der Waals surface area contributed by atoms with Gasteiger partial charge >= 0.3 is 5.69 Å². The molecule has 0 radical (unpaired) electrons. The maximum Gasteiger partial charge on any atom is 0.330 e. The summed E-state index contributed by atoms with van der Waals surface area (Å²) in [6, 6.07) is 0. The second-order valence-corrected chi connectivity index (χ2v) is 5.45. The zero-order chi connectivity index (χ0) is 15.4. The molecule has 3 rings (SSSR count). The summed E-state index contributed by atoms with van der Waals surface area (Å²) in [5, 5.41) is 29.5. The van der Waals surface area contributed by atoms with Gasteiger partial charge in [0.25, 0.3) is 5.56 Å². The van der Waals surface area contributed by atoms with Crippen molar-refractivity contribution in [2.75, 3.05) is 19.8 Å². The molecule has 21 heavy (non-hydrogen) atoms. The molecule has 0 amide bonds. The van der Waals surface area contributed by atoms with Crippen molar-refractivity contribution in [1.82, 2.24) is 9.55 Å². The van der Waals surface area contributed by atoms with Crippen LogP contribution in [-0.4, -0.2) is 62.0 Å². The van der Waals surface area contributed by atoms with Crippen molar-refractivity contribution < 1.29 is 24.8 Å². The maximum atomic E-state index is 11.9. The summed E-state index contributed by atoms with van der Waals surface area (Å²) in [5.74, 6) is 0. The van der Waals surface area contributed by atoms with E-state index in [1.807, 2.05) is 0 Å². The van der Waals surface area contributed by atoms with Crippen molar-refractivity contribution >= 4 is 0 Å². The quantitative estimate of drug-likeness (QED) is 0.474. The van der Waals surface area contributed by atoms with E-state index in [0.717, 1.165) is 4.57 Å². The Kier molecular flexibility index (Phi) is 3.08. The molecule has 0 saturated carbocycles. The molecule has 2 saturated heterocycles. The molecule has 9 nitrogen and oxygen atoms in total. The zero-order valence-corrected chi connectivity index (χ0v) is 11.3. The van der Waals surface area contributed by atoms with Gasteiger partial charge in [-0.3, -0.25) is 14.3 Å². The van der Waals surface area contributed by atoms with Crippen LogP contribution in [0.4, 0.5) is 0 Å². The van der Waals surface area contributed by atoms with Crippen molar-refractivity contribution in [1.29, 1.82) is 0 Å². The third-order valence-electron chi connectivity index (χ3n) is 4.28. The fraction of sp³-hybridized carbons (Fsp3) is 0.667. The van der Waals surface area contributed by atoms with Crippen LogP contribution < -0.4 is 11.2 Å². The lowest BCUT2D eigenvalue weighted by atomic mass is 9.85. The normalized spacial score (nSPS) is 38.1. The molecule has 0 aromatic carbocycles. The van der Waals surface area contributed by atoms with Crippen LogP contribution in [0, 0.1) is 6.92 Å². The van der Waals surface area contributed by atoms with Gasteiger partial charge in [0.15, 0.2) is 17.4 Å². The number of aromatic amines is 1. The smallest absolute Gasteiger partial charge is 0.330 e. The van der Waals surface area contributed by atoms with E-state index < -0.39 is 48.0 Å². The summed E-state index contributed by atoms with van der Waals surface area (Å²) in [6.07, 6.45) is -0.789. The summed E-state index contributed by atoms with van der Waals surface area (Å²) in [4.78, 5) is 25.4. The van der Waals surface area contributed by atoms with Gasteiger partial charge in [-0.25, -0.2) is 4.79 Å². The average Bonchev–Trinajstić information content (AvgIpc) is 2.89. The molecule has 116 valence electrons. The second kappa shape index (κ2) is 4.49. The minimum Gasteiger partial charge on any atom is -0.393 e. The third kappa shape index (κ3) is 1.69. The molecule has 4 atom stereocenters. The Balaban J connectivity index is 2.10. The van der Waals surface area contributed by atoms with Gasteiger partial charge in [-0.15, -0.1) is 0 Å². The first-order valence-electron chi connectivity index (χ1n) is 6.44. The molecule has 2 aliphatic rings. The lowest BCUT2D eigenvalue weighted by molar-refractivity contribution is -0.195. The Morgan fingerprint density at radius 2 is 2.14 bits per heavy atom. The molecular formula is C12H16N2O7. The maximum absolute atomic E-state index is 11.9. The Hall–Kier alpha value is -1.52. The van der Waals surface area contributed by atoms with Gasteiger partial charge in [-0.1, -0.05) is 0 Å². The summed E-state index contributed by atoms with van der Waals surface area (Å²) >= 11 is 0. The molecule has 1 aromatic heterocycles. The van der Waals surface area contributed by atoms with E-state index in [2.05, 4.69) is 4.98 Å². The van der Waals surface area contributed by atoms with Crippen LogP contribution in [0.3, 0.4) is 0 Å². The van der Waals surface area contributed by atoms with Gasteiger partial charge in [0.1, 0.15) is 6.10 Å². The first kappa shape index (κ1) is 14.4. The number of hydrogen-bond donors (Lipinski definition) is 4. The van der Waals surface area contributed by atoms with Crippen LogP contribution in [0.15, 0.2) is 15.8 Å². The van der Waals surface area contributed by atoms with Crippen molar-refractivity contribution in [2.45, 2.75) is 30.5 Å².